The van der Waals surface area contributed by atoms with Crippen molar-refractivity contribution >= 4 is 21.5 Å². The number of nitrogen functional groups attached to an aromatic ring is 1. The Morgan fingerprint density at radius 1 is 1.37 bits per heavy atom. The smallest absolute Gasteiger partial charge is 0.330 e. The van der Waals surface area contributed by atoms with E-state index in [1.807, 2.05) is 0 Å². The van der Waals surface area contributed by atoms with Crippen LogP contribution in [0.5, 0.6) is 0 Å². The molecule has 0 radical (unpaired) electrons. The van der Waals surface area contributed by atoms with Crippen LogP contribution >= 0.6 is 0 Å². The van der Waals surface area contributed by atoms with Crippen LogP contribution in [0.25, 0.3) is 0 Å². The van der Waals surface area contributed by atoms with Gasteiger partial charge in [0, 0.05) is 13.1 Å². The van der Waals surface area contributed by atoms with E-state index >= 15 is 0 Å². The second kappa shape index (κ2) is 5.89. The van der Waals surface area contributed by atoms with Crippen LogP contribution in [-0.2, 0) is 16.6 Å². The molecule has 19 heavy (non-hydrogen) atoms. The van der Waals surface area contributed by atoms with Crippen LogP contribution in [0.3, 0.4) is 0 Å². The summed E-state index contributed by atoms with van der Waals surface area (Å²) in [4.78, 5) is 25.1. The number of hydrogen-bond donors (Lipinski definition) is 4. The van der Waals surface area contributed by atoms with Gasteiger partial charge in [-0.05, 0) is 14.0 Å². The second-order valence-electron chi connectivity index (χ2n) is 3.71. The van der Waals surface area contributed by atoms with Crippen molar-refractivity contribution in [2.45, 2.75) is 13.5 Å². The lowest BCUT2D eigenvalue weighted by atomic mass is 10.4. The maximum Gasteiger partial charge on any atom is 0.330 e. The van der Waals surface area contributed by atoms with Crippen molar-refractivity contribution in [1.29, 1.82) is 0 Å². The van der Waals surface area contributed by atoms with Crippen LogP contribution in [0.4, 0.5) is 11.5 Å². The molecule has 1 heterocycles. The van der Waals surface area contributed by atoms with Crippen LogP contribution in [0, 0.1) is 0 Å². The highest BCUT2D eigenvalue weighted by atomic mass is 32.2. The number of rotatable bonds is 6. The molecule has 1 aromatic rings. The standard InChI is InChI=1S/C9H17N5O4S/c1-3-14-7(10)6(8(15)13-9(14)16)12-4-5-19(17,18)11-2/h11-12H,3-5,10H2,1-2H3,(H,13,15,16). The van der Waals surface area contributed by atoms with Gasteiger partial charge in [-0.3, -0.25) is 14.3 Å². The fraction of sp³-hybridized carbons (Fsp3) is 0.556. The lowest BCUT2D eigenvalue weighted by molar-refractivity contribution is 0.588. The van der Waals surface area contributed by atoms with Crippen LogP contribution < -0.4 is 27.0 Å². The van der Waals surface area contributed by atoms with E-state index in [-0.39, 0.29) is 23.8 Å². The fourth-order valence-corrected chi connectivity index (χ4v) is 2.06. The Labute approximate surface area is 109 Å². The maximum atomic E-state index is 11.6. The molecule has 0 amide bonds. The molecular weight excluding hydrogens is 274 g/mol. The number of aromatic nitrogens is 2. The highest BCUT2D eigenvalue weighted by Crippen LogP contribution is 2.09. The van der Waals surface area contributed by atoms with Gasteiger partial charge in [-0.25, -0.2) is 17.9 Å². The SMILES string of the molecule is CCn1c(N)c(NCCS(=O)(=O)NC)c(=O)[nH]c1=O. The van der Waals surface area contributed by atoms with E-state index in [0.29, 0.717) is 6.54 Å². The zero-order valence-corrected chi connectivity index (χ0v) is 11.5. The number of nitrogens with zero attached hydrogens (tertiary/aromatic N) is 1. The molecule has 9 nitrogen and oxygen atoms in total. The van der Waals surface area contributed by atoms with E-state index in [2.05, 4.69) is 15.0 Å². The van der Waals surface area contributed by atoms with E-state index in [4.69, 9.17) is 5.73 Å². The highest BCUT2D eigenvalue weighted by Gasteiger charge is 2.12. The Morgan fingerprint density at radius 3 is 2.53 bits per heavy atom. The van der Waals surface area contributed by atoms with Crippen molar-refractivity contribution < 1.29 is 8.42 Å². The number of H-pyrrole nitrogens is 1. The van der Waals surface area contributed by atoms with Gasteiger partial charge >= 0.3 is 5.69 Å². The number of nitrogens with two attached hydrogens (primary N) is 1. The number of aromatic amines is 1. The van der Waals surface area contributed by atoms with Gasteiger partial charge in [0.15, 0.2) is 0 Å². The van der Waals surface area contributed by atoms with Crippen molar-refractivity contribution in [2.24, 2.45) is 0 Å². The minimum absolute atomic E-state index is 0.00162. The zero-order valence-electron chi connectivity index (χ0n) is 10.7. The molecule has 0 fully saturated rings. The molecule has 10 heteroatoms. The first kappa shape index (κ1) is 15.2. The Bertz CT molecular complexity index is 660. The predicted octanol–water partition coefficient (Wildman–Crippen LogP) is -1.90. The van der Waals surface area contributed by atoms with Gasteiger partial charge in [0.05, 0.1) is 5.75 Å². The van der Waals surface area contributed by atoms with E-state index in [1.165, 1.54) is 11.6 Å². The van der Waals surface area contributed by atoms with Gasteiger partial charge in [0.1, 0.15) is 11.5 Å². The summed E-state index contributed by atoms with van der Waals surface area (Å²) in [6, 6.07) is 0. The second-order valence-corrected chi connectivity index (χ2v) is 5.76. The lowest BCUT2D eigenvalue weighted by Gasteiger charge is -2.12. The van der Waals surface area contributed by atoms with Crippen molar-refractivity contribution in [1.82, 2.24) is 14.3 Å². The first-order chi connectivity index (χ1) is 8.82. The quantitative estimate of drug-likeness (QED) is 0.483. The third-order valence-corrected chi connectivity index (χ3v) is 3.90. The molecule has 0 aromatic carbocycles. The third-order valence-electron chi connectivity index (χ3n) is 2.54. The van der Waals surface area contributed by atoms with Crippen LogP contribution in [0.1, 0.15) is 6.92 Å². The molecule has 0 aliphatic rings. The molecule has 108 valence electrons. The van der Waals surface area contributed by atoms with Gasteiger partial charge < -0.3 is 11.1 Å². The summed E-state index contributed by atoms with van der Waals surface area (Å²) >= 11 is 0. The van der Waals surface area contributed by atoms with Crippen molar-refractivity contribution in [3.63, 3.8) is 0 Å². The highest BCUT2D eigenvalue weighted by molar-refractivity contribution is 7.89. The summed E-state index contributed by atoms with van der Waals surface area (Å²) in [5.74, 6) is -0.230. The first-order valence-corrected chi connectivity index (χ1v) is 7.25. The topological polar surface area (TPSA) is 139 Å². The largest absolute Gasteiger partial charge is 0.383 e. The third kappa shape index (κ3) is 3.58. The summed E-state index contributed by atoms with van der Waals surface area (Å²) in [5, 5.41) is 2.63. The summed E-state index contributed by atoms with van der Waals surface area (Å²) in [7, 11) is -2.07. The summed E-state index contributed by atoms with van der Waals surface area (Å²) < 4.78 is 25.8. The molecule has 0 atom stereocenters. The fourth-order valence-electron chi connectivity index (χ4n) is 1.49. The van der Waals surface area contributed by atoms with Crippen LogP contribution in [-0.4, -0.2) is 37.3 Å². The minimum Gasteiger partial charge on any atom is -0.383 e. The molecule has 0 aliphatic heterocycles. The molecule has 1 aromatic heterocycles. The first-order valence-electron chi connectivity index (χ1n) is 5.60. The Kier molecular flexibility index (Phi) is 4.72. The number of nitrogens with one attached hydrogen (secondary N) is 3. The number of sulfonamides is 1. The monoisotopic (exact) mass is 291 g/mol. The van der Waals surface area contributed by atoms with Crippen molar-refractivity contribution in [3.05, 3.63) is 20.8 Å². The lowest BCUT2D eigenvalue weighted by Crippen LogP contribution is -2.35. The molecule has 5 N–H and O–H groups in total. The van der Waals surface area contributed by atoms with E-state index in [9.17, 15) is 18.0 Å². The molecular formula is C9H17N5O4S. The Hall–Kier alpha value is -1.81. The van der Waals surface area contributed by atoms with Gasteiger partial charge in [-0.1, -0.05) is 0 Å². The minimum atomic E-state index is -3.37. The van der Waals surface area contributed by atoms with E-state index < -0.39 is 21.3 Å². The van der Waals surface area contributed by atoms with E-state index in [1.54, 1.807) is 6.92 Å². The molecule has 0 aliphatic carbocycles. The Morgan fingerprint density at radius 2 is 2.00 bits per heavy atom. The van der Waals surface area contributed by atoms with Crippen molar-refractivity contribution in [2.75, 3.05) is 30.4 Å². The normalized spacial score (nSPS) is 11.5. The maximum absolute atomic E-state index is 11.6. The summed E-state index contributed by atoms with van der Waals surface area (Å²) in [5.41, 5.74) is 4.42. The molecule has 0 spiro atoms. The predicted molar refractivity (Wildman–Crippen MR) is 72.7 cm³/mol. The van der Waals surface area contributed by atoms with Crippen LogP contribution in [0.2, 0.25) is 0 Å². The van der Waals surface area contributed by atoms with Gasteiger partial charge in [0.2, 0.25) is 10.0 Å². The Balaban J connectivity index is 2.97. The van der Waals surface area contributed by atoms with Gasteiger partial charge in [0.25, 0.3) is 5.56 Å². The van der Waals surface area contributed by atoms with Gasteiger partial charge in [-0.2, -0.15) is 0 Å². The molecule has 0 unspecified atom stereocenters. The summed E-state index contributed by atoms with van der Waals surface area (Å²) in [6.07, 6.45) is 0. The zero-order chi connectivity index (χ0) is 14.6. The molecule has 0 saturated carbocycles. The number of hydrogen-bond acceptors (Lipinski definition) is 6. The average Bonchev–Trinajstić information content (AvgIpc) is 2.33. The van der Waals surface area contributed by atoms with E-state index in [0.717, 1.165) is 0 Å². The molecule has 0 bridgehead atoms. The average molecular weight is 291 g/mol. The summed E-state index contributed by atoms with van der Waals surface area (Å²) in [6.45, 7) is 1.99. The number of anilines is 2. The molecule has 1 rings (SSSR count). The molecule has 0 saturated heterocycles. The van der Waals surface area contributed by atoms with Crippen LogP contribution in [0.15, 0.2) is 9.59 Å². The van der Waals surface area contributed by atoms with Crippen molar-refractivity contribution in [3.8, 4) is 0 Å². The van der Waals surface area contributed by atoms with Gasteiger partial charge in [-0.15, -0.1) is 0 Å².